The van der Waals surface area contributed by atoms with Gasteiger partial charge >= 0.3 is 5.97 Å². The van der Waals surface area contributed by atoms with E-state index in [0.29, 0.717) is 18.5 Å². The second kappa shape index (κ2) is 6.56. The molecule has 0 radical (unpaired) electrons. The third-order valence-electron chi connectivity index (χ3n) is 3.96. The van der Waals surface area contributed by atoms with Crippen molar-refractivity contribution < 1.29 is 14.7 Å². The molecular formula is C15H21N3O3. The highest BCUT2D eigenvalue weighted by Gasteiger charge is 2.35. The van der Waals surface area contributed by atoms with Crippen molar-refractivity contribution >= 4 is 23.3 Å². The molecule has 6 nitrogen and oxygen atoms in total. The second-order valence-electron chi connectivity index (χ2n) is 5.61. The average molecular weight is 291 g/mol. The zero-order valence-electron chi connectivity index (χ0n) is 12.4. The number of hydrogen-bond acceptors (Lipinski definition) is 4. The summed E-state index contributed by atoms with van der Waals surface area (Å²) < 4.78 is 0. The predicted octanol–water partition coefficient (Wildman–Crippen LogP) is 1.98. The normalized spacial score (nSPS) is 21.6. The molecule has 1 amide bonds. The molecule has 1 aliphatic carbocycles. The van der Waals surface area contributed by atoms with E-state index in [1.807, 2.05) is 25.1 Å². The Morgan fingerprint density at radius 3 is 2.57 bits per heavy atom. The summed E-state index contributed by atoms with van der Waals surface area (Å²) in [6.07, 6.45) is 6.21. The summed E-state index contributed by atoms with van der Waals surface area (Å²) in [5.41, 5.74) is 1.46. The van der Waals surface area contributed by atoms with E-state index in [-0.39, 0.29) is 5.91 Å². The van der Waals surface area contributed by atoms with E-state index in [2.05, 4.69) is 10.3 Å². The largest absolute Gasteiger partial charge is 0.481 e. The van der Waals surface area contributed by atoms with Gasteiger partial charge in [0.15, 0.2) is 0 Å². The molecule has 0 unspecified atom stereocenters. The number of aromatic nitrogens is 1. The van der Waals surface area contributed by atoms with Crippen LogP contribution in [0.15, 0.2) is 18.5 Å². The topological polar surface area (TPSA) is 82.5 Å². The number of aliphatic carboxylic acids is 1. The molecule has 1 aliphatic rings. The van der Waals surface area contributed by atoms with Gasteiger partial charge in [-0.05, 0) is 18.9 Å². The van der Waals surface area contributed by atoms with Gasteiger partial charge in [0.25, 0.3) is 0 Å². The number of anilines is 2. The molecule has 21 heavy (non-hydrogen) atoms. The molecule has 114 valence electrons. The zero-order valence-corrected chi connectivity index (χ0v) is 12.4. The van der Waals surface area contributed by atoms with Gasteiger partial charge in [0.1, 0.15) is 0 Å². The van der Waals surface area contributed by atoms with Crippen LogP contribution >= 0.6 is 0 Å². The molecule has 0 aromatic carbocycles. The van der Waals surface area contributed by atoms with Crippen LogP contribution in [0.1, 0.15) is 25.7 Å². The maximum atomic E-state index is 12.4. The van der Waals surface area contributed by atoms with Crippen LogP contribution in [0.3, 0.4) is 0 Å². The predicted molar refractivity (Wildman–Crippen MR) is 80.3 cm³/mol. The number of amides is 1. The molecule has 2 N–H and O–H groups in total. The summed E-state index contributed by atoms with van der Waals surface area (Å²) in [6.45, 7) is 0. The van der Waals surface area contributed by atoms with E-state index in [1.54, 1.807) is 12.4 Å². The maximum absolute atomic E-state index is 12.4. The number of hydrogen-bond donors (Lipinski definition) is 2. The molecule has 1 saturated carbocycles. The van der Waals surface area contributed by atoms with Crippen molar-refractivity contribution in [2.45, 2.75) is 25.7 Å². The molecule has 2 rings (SSSR count). The summed E-state index contributed by atoms with van der Waals surface area (Å²) in [6, 6.07) is 1.81. The number of pyridine rings is 1. The van der Waals surface area contributed by atoms with Gasteiger partial charge in [-0.25, -0.2) is 0 Å². The minimum absolute atomic E-state index is 0.224. The highest BCUT2D eigenvalue weighted by Crippen LogP contribution is 2.32. The smallest absolute Gasteiger partial charge is 0.307 e. The van der Waals surface area contributed by atoms with Gasteiger partial charge in [-0.15, -0.1) is 0 Å². The number of nitrogens with one attached hydrogen (secondary N) is 1. The Labute approximate surface area is 124 Å². The molecule has 0 spiro atoms. The van der Waals surface area contributed by atoms with Gasteiger partial charge in [0, 0.05) is 20.3 Å². The molecule has 0 saturated heterocycles. The van der Waals surface area contributed by atoms with Gasteiger partial charge in [-0.3, -0.25) is 14.6 Å². The van der Waals surface area contributed by atoms with Crippen LogP contribution in [-0.4, -0.2) is 36.1 Å². The summed E-state index contributed by atoms with van der Waals surface area (Å²) in [5, 5.41) is 12.1. The Morgan fingerprint density at radius 1 is 1.29 bits per heavy atom. The number of carbonyl (C=O) groups excluding carboxylic acids is 1. The Balaban J connectivity index is 2.15. The van der Waals surface area contributed by atoms with Crippen LogP contribution in [0.2, 0.25) is 0 Å². The van der Waals surface area contributed by atoms with Crippen LogP contribution in [0.5, 0.6) is 0 Å². The van der Waals surface area contributed by atoms with Crippen molar-refractivity contribution in [3.8, 4) is 0 Å². The highest BCUT2D eigenvalue weighted by molar-refractivity contribution is 5.97. The first kappa shape index (κ1) is 15.3. The first-order valence-electron chi connectivity index (χ1n) is 7.15. The number of rotatable bonds is 4. The van der Waals surface area contributed by atoms with Gasteiger partial charge in [-0.2, -0.15) is 0 Å². The summed E-state index contributed by atoms with van der Waals surface area (Å²) in [4.78, 5) is 29.6. The lowest BCUT2D eigenvalue weighted by Gasteiger charge is -2.28. The first-order valence-corrected chi connectivity index (χ1v) is 7.15. The summed E-state index contributed by atoms with van der Waals surface area (Å²) >= 11 is 0. The molecule has 0 bridgehead atoms. The van der Waals surface area contributed by atoms with Gasteiger partial charge in [0.05, 0.1) is 29.4 Å². The fourth-order valence-corrected chi connectivity index (χ4v) is 2.84. The average Bonchev–Trinajstić information content (AvgIpc) is 2.47. The lowest BCUT2D eigenvalue weighted by atomic mass is 9.78. The van der Waals surface area contributed by atoms with Crippen LogP contribution in [0, 0.1) is 11.8 Å². The van der Waals surface area contributed by atoms with Crippen LogP contribution < -0.4 is 10.2 Å². The molecule has 1 aromatic rings. The van der Waals surface area contributed by atoms with Crippen molar-refractivity contribution in [3.63, 3.8) is 0 Å². The first-order chi connectivity index (χ1) is 10.0. The lowest BCUT2D eigenvalue weighted by Crippen LogP contribution is -2.36. The van der Waals surface area contributed by atoms with Crippen LogP contribution in [0.25, 0.3) is 0 Å². The third kappa shape index (κ3) is 3.51. The molecule has 6 heteroatoms. The Bertz CT molecular complexity index is 531. The Hall–Kier alpha value is -2.11. The van der Waals surface area contributed by atoms with Crippen LogP contribution in [0.4, 0.5) is 11.4 Å². The summed E-state index contributed by atoms with van der Waals surface area (Å²) in [7, 11) is 3.76. The quantitative estimate of drug-likeness (QED) is 0.886. The van der Waals surface area contributed by atoms with Gasteiger partial charge in [-0.1, -0.05) is 12.8 Å². The molecule has 1 heterocycles. The van der Waals surface area contributed by atoms with Crippen molar-refractivity contribution in [2.75, 3.05) is 24.3 Å². The zero-order chi connectivity index (χ0) is 15.4. The standard InChI is InChI=1S/C15H21N3O3/c1-18(2)13-7-8-16-9-12(13)17-14(19)10-5-3-4-6-11(10)15(20)21/h7-11H,3-6H2,1-2H3,(H,17,19)(H,20,21)/t10-,11+/m1/s1. The van der Waals surface area contributed by atoms with E-state index in [1.165, 1.54) is 0 Å². The lowest BCUT2D eigenvalue weighted by molar-refractivity contribution is -0.147. The molecule has 1 aromatic heterocycles. The number of carboxylic acid groups (broad SMARTS) is 1. The highest BCUT2D eigenvalue weighted by atomic mass is 16.4. The van der Waals surface area contributed by atoms with E-state index in [4.69, 9.17) is 0 Å². The van der Waals surface area contributed by atoms with Crippen molar-refractivity contribution in [2.24, 2.45) is 11.8 Å². The molecular weight excluding hydrogens is 270 g/mol. The van der Waals surface area contributed by atoms with E-state index < -0.39 is 17.8 Å². The summed E-state index contributed by atoms with van der Waals surface area (Å²) in [5.74, 6) is -2.16. The van der Waals surface area contributed by atoms with Crippen molar-refractivity contribution in [1.29, 1.82) is 0 Å². The number of nitrogens with zero attached hydrogens (tertiary/aromatic N) is 2. The van der Waals surface area contributed by atoms with Gasteiger partial charge < -0.3 is 15.3 Å². The van der Waals surface area contributed by atoms with Crippen LogP contribution in [-0.2, 0) is 9.59 Å². The second-order valence-corrected chi connectivity index (χ2v) is 5.61. The molecule has 1 fully saturated rings. The maximum Gasteiger partial charge on any atom is 0.307 e. The van der Waals surface area contributed by atoms with E-state index in [9.17, 15) is 14.7 Å². The van der Waals surface area contributed by atoms with E-state index in [0.717, 1.165) is 18.5 Å². The Morgan fingerprint density at radius 2 is 1.95 bits per heavy atom. The Kier molecular flexibility index (Phi) is 4.77. The fraction of sp³-hybridized carbons (Fsp3) is 0.533. The number of carboxylic acids is 1. The minimum atomic E-state index is -0.881. The van der Waals surface area contributed by atoms with Crippen molar-refractivity contribution in [3.05, 3.63) is 18.5 Å². The fourth-order valence-electron chi connectivity index (χ4n) is 2.84. The SMILES string of the molecule is CN(C)c1ccncc1NC(=O)[C@@H]1CCCC[C@@H]1C(=O)O. The third-order valence-corrected chi connectivity index (χ3v) is 3.96. The van der Waals surface area contributed by atoms with Gasteiger partial charge in [0.2, 0.25) is 5.91 Å². The monoisotopic (exact) mass is 291 g/mol. The molecule has 2 atom stereocenters. The van der Waals surface area contributed by atoms with Crippen molar-refractivity contribution in [1.82, 2.24) is 4.98 Å². The number of carbonyl (C=O) groups is 2. The minimum Gasteiger partial charge on any atom is -0.481 e. The molecule has 0 aliphatic heterocycles. The van der Waals surface area contributed by atoms with E-state index >= 15 is 0 Å².